The number of thioether (sulfide) groups is 3. The molecule has 0 amide bonds. The number of benzene rings is 3. The third-order valence-corrected chi connectivity index (χ3v) is 6.58. The highest BCUT2D eigenvalue weighted by Gasteiger charge is 2.17. The number of hydrogen-bond donors (Lipinski definition) is 0. The van der Waals surface area contributed by atoms with Gasteiger partial charge in [-0.25, -0.2) is 0 Å². The fourth-order valence-electron chi connectivity index (χ4n) is 2.97. The molecule has 3 rings (SSSR count). The maximum absolute atomic E-state index is 2.27. The molecule has 0 fully saturated rings. The van der Waals surface area contributed by atoms with Crippen LogP contribution in [0.2, 0.25) is 0 Å². The van der Waals surface area contributed by atoms with Crippen molar-refractivity contribution in [2.75, 3.05) is 18.8 Å². The van der Waals surface area contributed by atoms with Crippen molar-refractivity contribution in [1.82, 2.24) is 0 Å². The van der Waals surface area contributed by atoms with Gasteiger partial charge in [-0.1, -0.05) is 36.4 Å². The highest BCUT2D eigenvalue weighted by atomic mass is 32.2. The van der Waals surface area contributed by atoms with Crippen LogP contribution in [0, 0.1) is 0 Å². The van der Waals surface area contributed by atoms with Crippen LogP contribution in [0.4, 0.5) is 0 Å². The van der Waals surface area contributed by atoms with E-state index in [4.69, 9.17) is 0 Å². The minimum atomic E-state index is 0.266. The van der Waals surface area contributed by atoms with Gasteiger partial charge in [0.1, 0.15) is 0 Å². The summed E-state index contributed by atoms with van der Waals surface area (Å²) in [6.45, 7) is 0. The molecule has 0 atom stereocenters. The average Bonchev–Trinajstić information content (AvgIpc) is 2.70. The molecular formula is C22H22S3. The summed E-state index contributed by atoms with van der Waals surface area (Å²) in [7, 11) is 0. The first-order valence-electron chi connectivity index (χ1n) is 8.17. The van der Waals surface area contributed by atoms with Crippen LogP contribution in [0.3, 0.4) is 0 Å². The first-order chi connectivity index (χ1) is 12.2. The summed E-state index contributed by atoms with van der Waals surface area (Å²) in [4.78, 5) is 3.91. The standard InChI is InChI=1S/C22H22S3/c1-23-19-10-4-16(5-11-19)22(17-6-12-20(24-2)13-7-17)18-8-14-21(25-3)15-9-18/h4-15,22H,1-3H3. The van der Waals surface area contributed by atoms with E-state index in [0.29, 0.717) is 0 Å². The van der Waals surface area contributed by atoms with Gasteiger partial charge >= 0.3 is 0 Å². The Hall–Kier alpha value is -1.29. The minimum Gasteiger partial charge on any atom is -0.130 e. The van der Waals surface area contributed by atoms with Gasteiger partial charge in [-0.2, -0.15) is 0 Å². The third-order valence-electron chi connectivity index (χ3n) is 4.35. The predicted octanol–water partition coefficient (Wildman–Crippen LogP) is 7.03. The summed E-state index contributed by atoms with van der Waals surface area (Å²) < 4.78 is 0. The summed E-state index contributed by atoms with van der Waals surface area (Å²) in [5, 5.41) is 0. The third kappa shape index (κ3) is 4.46. The molecule has 0 saturated carbocycles. The van der Waals surface area contributed by atoms with Gasteiger partial charge in [0.2, 0.25) is 0 Å². The lowest BCUT2D eigenvalue weighted by atomic mass is 9.85. The smallest absolute Gasteiger partial charge is 0.0340 e. The molecule has 0 radical (unpaired) electrons. The maximum Gasteiger partial charge on any atom is 0.0340 e. The van der Waals surface area contributed by atoms with E-state index in [-0.39, 0.29) is 5.92 Å². The topological polar surface area (TPSA) is 0 Å². The molecule has 0 N–H and O–H groups in total. The van der Waals surface area contributed by atoms with Crippen LogP contribution >= 0.6 is 35.3 Å². The molecule has 3 aromatic carbocycles. The molecule has 0 heterocycles. The molecule has 3 aromatic rings. The molecule has 0 nitrogen and oxygen atoms in total. The average molecular weight is 383 g/mol. The fraction of sp³-hybridized carbons (Fsp3) is 0.182. The van der Waals surface area contributed by atoms with E-state index in [1.807, 2.05) is 0 Å². The van der Waals surface area contributed by atoms with Crippen LogP contribution < -0.4 is 0 Å². The molecule has 0 aliphatic carbocycles. The van der Waals surface area contributed by atoms with E-state index >= 15 is 0 Å². The monoisotopic (exact) mass is 382 g/mol. The molecule has 128 valence electrons. The molecule has 25 heavy (non-hydrogen) atoms. The van der Waals surface area contributed by atoms with Gasteiger partial charge in [-0.15, -0.1) is 35.3 Å². The molecule has 0 aliphatic rings. The van der Waals surface area contributed by atoms with Gasteiger partial charge in [0.05, 0.1) is 0 Å². The van der Waals surface area contributed by atoms with Crippen molar-refractivity contribution in [3.63, 3.8) is 0 Å². The van der Waals surface area contributed by atoms with E-state index < -0.39 is 0 Å². The zero-order valence-corrected chi connectivity index (χ0v) is 17.2. The lowest BCUT2D eigenvalue weighted by Crippen LogP contribution is -2.03. The van der Waals surface area contributed by atoms with Crippen molar-refractivity contribution in [3.8, 4) is 0 Å². The lowest BCUT2D eigenvalue weighted by Gasteiger charge is -2.20. The Labute approximate surface area is 163 Å². The van der Waals surface area contributed by atoms with Crippen LogP contribution in [-0.2, 0) is 0 Å². The first kappa shape index (κ1) is 18.5. The lowest BCUT2D eigenvalue weighted by molar-refractivity contribution is 0.968. The predicted molar refractivity (Wildman–Crippen MR) is 116 cm³/mol. The van der Waals surface area contributed by atoms with Crippen LogP contribution in [0.15, 0.2) is 87.5 Å². The largest absolute Gasteiger partial charge is 0.130 e. The van der Waals surface area contributed by atoms with Crippen molar-refractivity contribution in [2.24, 2.45) is 0 Å². The second-order valence-corrected chi connectivity index (χ2v) is 8.39. The van der Waals surface area contributed by atoms with Gasteiger partial charge in [-0.3, -0.25) is 0 Å². The van der Waals surface area contributed by atoms with Gasteiger partial charge in [0, 0.05) is 20.6 Å². The molecule has 0 spiro atoms. The highest BCUT2D eigenvalue weighted by Crippen LogP contribution is 2.34. The Balaban J connectivity index is 2.04. The molecule has 0 aliphatic heterocycles. The molecule has 0 unspecified atom stereocenters. The quantitative estimate of drug-likeness (QED) is 0.332. The van der Waals surface area contributed by atoms with E-state index in [1.165, 1.54) is 31.4 Å². The Bertz CT molecular complexity index is 677. The summed E-state index contributed by atoms with van der Waals surface area (Å²) in [6, 6.07) is 26.9. The normalized spacial score (nSPS) is 11.0. The second kappa shape index (κ2) is 8.88. The van der Waals surface area contributed by atoms with E-state index in [2.05, 4.69) is 91.6 Å². The Morgan fingerprint density at radius 2 is 0.680 bits per heavy atom. The van der Waals surface area contributed by atoms with Crippen molar-refractivity contribution >= 4 is 35.3 Å². The molecule has 0 bridgehead atoms. The zero-order chi connectivity index (χ0) is 17.6. The van der Waals surface area contributed by atoms with Gasteiger partial charge in [-0.05, 0) is 71.9 Å². The highest BCUT2D eigenvalue weighted by molar-refractivity contribution is 7.99. The van der Waals surface area contributed by atoms with E-state index in [9.17, 15) is 0 Å². The van der Waals surface area contributed by atoms with Gasteiger partial charge < -0.3 is 0 Å². The first-order valence-corrected chi connectivity index (χ1v) is 11.8. The Kier molecular flexibility index (Phi) is 6.57. The van der Waals surface area contributed by atoms with Gasteiger partial charge in [0.15, 0.2) is 0 Å². The molecule has 0 saturated heterocycles. The summed E-state index contributed by atoms with van der Waals surface area (Å²) >= 11 is 5.36. The summed E-state index contributed by atoms with van der Waals surface area (Å²) in [5.74, 6) is 0.266. The Morgan fingerprint density at radius 1 is 0.440 bits per heavy atom. The van der Waals surface area contributed by atoms with E-state index in [0.717, 1.165) is 0 Å². The van der Waals surface area contributed by atoms with Crippen molar-refractivity contribution < 1.29 is 0 Å². The van der Waals surface area contributed by atoms with Crippen molar-refractivity contribution in [2.45, 2.75) is 20.6 Å². The fourth-order valence-corrected chi connectivity index (χ4v) is 4.19. The van der Waals surface area contributed by atoms with Crippen molar-refractivity contribution in [1.29, 1.82) is 0 Å². The van der Waals surface area contributed by atoms with Gasteiger partial charge in [0.25, 0.3) is 0 Å². The van der Waals surface area contributed by atoms with Crippen LogP contribution in [0.25, 0.3) is 0 Å². The summed E-state index contributed by atoms with van der Waals surface area (Å²) in [5.41, 5.74) is 4.02. The Morgan fingerprint density at radius 3 is 0.880 bits per heavy atom. The molecule has 0 aromatic heterocycles. The minimum absolute atomic E-state index is 0.266. The number of hydrogen-bond acceptors (Lipinski definition) is 3. The van der Waals surface area contributed by atoms with E-state index in [1.54, 1.807) is 35.3 Å². The van der Waals surface area contributed by atoms with Crippen LogP contribution in [-0.4, -0.2) is 18.8 Å². The molecule has 3 heteroatoms. The number of rotatable bonds is 6. The van der Waals surface area contributed by atoms with Crippen molar-refractivity contribution in [3.05, 3.63) is 89.5 Å². The van der Waals surface area contributed by atoms with Crippen LogP contribution in [0.1, 0.15) is 22.6 Å². The zero-order valence-electron chi connectivity index (χ0n) is 14.7. The van der Waals surface area contributed by atoms with Crippen LogP contribution in [0.5, 0.6) is 0 Å². The second-order valence-electron chi connectivity index (χ2n) is 5.75. The molecular weight excluding hydrogens is 360 g/mol. The summed E-state index contributed by atoms with van der Waals surface area (Å²) in [6.07, 6.45) is 6.36. The maximum atomic E-state index is 2.27. The SMILES string of the molecule is CSc1ccc(C(c2ccc(SC)cc2)c2ccc(SC)cc2)cc1.